The number of likely N-dealkylation sites (tertiary alicyclic amines) is 1. The fourth-order valence-electron chi connectivity index (χ4n) is 6.62. The number of para-hydroxylation sites is 2. The molecular weight excluding hydrogens is 516 g/mol. The summed E-state index contributed by atoms with van der Waals surface area (Å²) in [5, 5.41) is 7.29. The van der Waals surface area contributed by atoms with Crippen LogP contribution in [-0.4, -0.2) is 71.5 Å². The van der Waals surface area contributed by atoms with E-state index in [0.29, 0.717) is 42.9 Å². The first-order chi connectivity index (χ1) is 20.1. The van der Waals surface area contributed by atoms with Crippen molar-refractivity contribution in [2.24, 2.45) is 5.73 Å². The lowest BCUT2D eigenvalue weighted by Crippen LogP contribution is -2.42. The number of aromatic nitrogens is 6. The van der Waals surface area contributed by atoms with Crippen LogP contribution in [0.4, 0.5) is 11.8 Å². The predicted octanol–water partition coefficient (Wildman–Crippen LogP) is 4.28. The van der Waals surface area contributed by atoms with E-state index in [1.165, 1.54) is 12.8 Å². The van der Waals surface area contributed by atoms with E-state index in [0.717, 1.165) is 79.4 Å². The molecule has 41 heavy (non-hydrogen) atoms. The van der Waals surface area contributed by atoms with E-state index in [1.54, 1.807) is 6.20 Å². The lowest BCUT2D eigenvalue weighted by atomic mass is 9.92. The molecule has 0 atom stereocenters. The van der Waals surface area contributed by atoms with Crippen molar-refractivity contribution in [3.63, 3.8) is 0 Å². The number of piperidine rings is 1. The highest BCUT2D eigenvalue weighted by atomic mass is 16.2. The largest absolute Gasteiger partial charge is 0.365 e. The Bertz CT molecular complexity index is 1530. The molecule has 1 aliphatic heterocycles. The Hall–Kier alpha value is -3.86. The maximum Gasteiger partial charge on any atom is 0.274 e. The number of nitrogens with zero attached hydrogens (tertiary/aromatic N) is 7. The Balaban J connectivity index is 1.08. The number of carbonyl (C=O) groups excluding carboxylic acids is 1. The third-order valence-electron chi connectivity index (χ3n) is 9.04. The standard InChI is InChI=1S/C30H38N10O/c31-19-9-11-20(12-10-19)35-30-37-27(26-28(38-30)40(18-33-26)22-5-1-2-6-22)34-21-13-15-39(16-14-21)29(41)25-17-32-23-7-3-4-8-24(23)36-25/h3-4,7-8,17-22H,1-2,5-6,9-16,31H2,(H2,34,35,37,38)/t19-,20-. The second-order valence-corrected chi connectivity index (χ2v) is 11.9. The molecule has 2 aliphatic carbocycles. The normalized spacial score (nSPS) is 22.4. The van der Waals surface area contributed by atoms with E-state index in [-0.39, 0.29) is 11.9 Å². The van der Waals surface area contributed by atoms with Gasteiger partial charge in [0.2, 0.25) is 5.95 Å². The lowest BCUT2D eigenvalue weighted by Gasteiger charge is -2.32. The monoisotopic (exact) mass is 554 g/mol. The molecule has 3 aliphatic rings. The van der Waals surface area contributed by atoms with Crippen LogP contribution in [-0.2, 0) is 0 Å². The van der Waals surface area contributed by atoms with Gasteiger partial charge in [0.15, 0.2) is 17.0 Å². The fraction of sp³-hybridized carbons (Fsp3) is 0.533. The molecule has 11 nitrogen and oxygen atoms in total. The number of rotatable bonds is 6. The Labute approximate surface area is 239 Å². The zero-order valence-corrected chi connectivity index (χ0v) is 23.4. The highest BCUT2D eigenvalue weighted by Gasteiger charge is 2.28. The molecule has 2 saturated carbocycles. The molecule has 0 bridgehead atoms. The molecule has 4 N–H and O–H groups in total. The second-order valence-electron chi connectivity index (χ2n) is 11.9. The summed E-state index contributed by atoms with van der Waals surface area (Å²) in [7, 11) is 0. The van der Waals surface area contributed by atoms with Gasteiger partial charge >= 0.3 is 0 Å². The molecule has 3 aromatic heterocycles. The third-order valence-corrected chi connectivity index (χ3v) is 9.04. The summed E-state index contributed by atoms with van der Waals surface area (Å²) in [6, 6.07) is 8.87. The molecule has 214 valence electrons. The fourth-order valence-corrected chi connectivity index (χ4v) is 6.62. The van der Waals surface area contributed by atoms with Gasteiger partial charge in [-0.05, 0) is 63.5 Å². The van der Waals surface area contributed by atoms with Crippen molar-refractivity contribution >= 4 is 39.9 Å². The van der Waals surface area contributed by atoms with Gasteiger partial charge < -0.3 is 25.8 Å². The van der Waals surface area contributed by atoms with E-state index in [1.807, 2.05) is 35.5 Å². The van der Waals surface area contributed by atoms with E-state index < -0.39 is 0 Å². The van der Waals surface area contributed by atoms with Crippen molar-refractivity contribution in [1.29, 1.82) is 0 Å². The molecule has 0 radical (unpaired) electrons. The van der Waals surface area contributed by atoms with Crippen LogP contribution in [0.15, 0.2) is 36.8 Å². The van der Waals surface area contributed by atoms with E-state index in [9.17, 15) is 4.79 Å². The van der Waals surface area contributed by atoms with Gasteiger partial charge in [0, 0.05) is 37.3 Å². The van der Waals surface area contributed by atoms with Crippen LogP contribution in [0.2, 0.25) is 0 Å². The summed E-state index contributed by atoms with van der Waals surface area (Å²) in [6.07, 6.45) is 14.1. The molecule has 4 aromatic rings. The van der Waals surface area contributed by atoms with E-state index in [4.69, 9.17) is 20.7 Å². The summed E-state index contributed by atoms with van der Waals surface area (Å²) in [6.45, 7) is 1.28. The van der Waals surface area contributed by atoms with E-state index in [2.05, 4.69) is 25.2 Å². The summed E-state index contributed by atoms with van der Waals surface area (Å²) in [5.41, 5.74) is 9.77. The van der Waals surface area contributed by atoms with Gasteiger partial charge in [0.1, 0.15) is 5.69 Å². The number of nitrogens with two attached hydrogens (primary N) is 1. The third kappa shape index (κ3) is 5.42. The Kier molecular flexibility index (Phi) is 7.12. The molecule has 3 fully saturated rings. The van der Waals surface area contributed by atoms with Gasteiger partial charge in [-0.1, -0.05) is 25.0 Å². The molecule has 0 spiro atoms. The number of benzene rings is 1. The van der Waals surface area contributed by atoms with Gasteiger partial charge in [-0.25, -0.2) is 9.97 Å². The lowest BCUT2D eigenvalue weighted by molar-refractivity contribution is 0.0712. The topological polar surface area (TPSA) is 140 Å². The number of hydrogen-bond acceptors (Lipinski definition) is 9. The average molecular weight is 555 g/mol. The van der Waals surface area contributed by atoms with Crippen LogP contribution < -0.4 is 16.4 Å². The SMILES string of the molecule is N[C@H]1CC[C@H](Nc2nc(NC3CCN(C(=O)c4cnc5ccccc5n4)CC3)c3ncn(C4CCCC4)c3n2)CC1. The van der Waals surface area contributed by atoms with Gasteiger partial charge in [-0.3, -0.25) is 9.78 Å². The van der Waals surface area contributed by atoms with Crippen molar-refractivity contribution in [3.8, 4) is 0 Å². The Morgan fingerprint density at radius 2 is 1.56 bits per heavy atom. The zero-order valence-electron chi connectivity index (χ0n) is 23.4. The molecule has 1 saturated heterocycles. The maximum absolute atomic E-state index is 13.2. The van der Waals surface area contributed by atoms with Crippen LogP contribution in [0.3, 0.4) is 0 Å². The summed E-state index contributed by atoms with van der Waals surface area (Å²) >= 11 is 0. The number of anilines is 2. The van der Waals surface area contributed by atoms with Gasteiger partial charge in [-0.15, -0.1) is 0 Å². The molecule has 7 rings (SSSR count). The number of amides is 1. The minimum absolute atomic E-state index is 0.0693. The first-order valence-electron chi connectivity index (χ1n) is 15.1. The second kappa shape index (κ2) is 11.2. The minimum atomic E-state index is -0.0693. The van der Waals surface area contributed by atoms with Gasteiger partial charge in [0.05, 0.1) is 23.6 Å². The van der Waals surface area contributed by atoms with Crippen LogP contribution in [0.1, 0.15) is 80.7 Å². The van der Waals surface area contributed by atoms with Gasteiger partial charge in [0.25, 0.3) is 5.91 Å². The van der Waals surface area contributed by atoms with Gasteiger partial charge in [-0.2, -0.15) is 9.97 Å². The molecular formula is C30H38N10O. The highest BCUT2D eigenvalue weighted by Crippen LogP contribution is 2.34. The number of nitrogens with one attached hydrogen (secondary N) is 2. The first kappa shape index (κ1) is 26.1. The first-order valence-corrected chi connectivity index (χ1v) is 15.1. The van der Waals surface area contributed by atoms with Crippen molar-refractivity contribution in [2.45, 2.75) is 88.4 Å². The molecule has 1 amide bonds. The van der Waals surface area contributed by atoms with E-state index >= 15 is 0 Å². The van der Waals surface area contributed by atoms with Crippen molar-refractivity contribution in [1.82, 2.24) is 34.4 Å². The van der Waals surface area contributed by atoms with Crippen LogP contribution in [0, 0.1) is 0 Å². The molecule has 1 aromatic carbocycles. The minimum Gasteiger partial charge on any atom is -0.365 e. The number of hydrogen-bond donors (Lipinski definition) is 3. The number of fused-ring (bicyclic) bond motifs is 2. The number of carbonyl (C=O) groups is 1. The summed E-state index contributed by atoms with van der Waals surface area (Å²) < 4.78 is 2.25. The van der Waals surface area contributed by atoms with Crippen molar-refractivity contribution in [3.05, 3.63) is 42.5 Å². The Morgan fingerprint density at radius 3 is 2.34 bits per heavy atom. The smallest absolute Gasteiger partial charge is 0.274 e. The van der Waals surface area contributed by atoms with Crippen LogP contribution in [0.5, 0.6) is 0 Å². The zero-order chi connectivity index (χ0) is 27.8. The summed E-state index contributed by atoms with van der Waals surface area (Å²) in [4.78, 5) is 38.8. The molecule has 0 unspecified atom stereocenters. The maximum atomic E-state index is 13.2. The predicted molar refractivity (Wildman–Crippen MR) is 159 cm³/mol. The number of imidazole rings is 1. The molecule has 11 heteroatoms. The summed E-state index contributed by atoms with van der Waals surface area (Å²) in [5.74, 6) is 1.36. The highest BCUT2D eigenvalue weighted by molar-refractivity contribution is 5.94. The van der Waals surface area contributed by atoms with Crippen molar-refractivity contribution < 1.29 is 4.79 Å². The Morgan fingerprint density at radius 1 is 0.829 bits per heavy atom. The van der Waals surface area contributed by atoms with Crippen molar-refractivity contribution in [2.75, 3.05) is 23.7 Å². The van der Waals surface area contributed by atoms with Crippen LogP contribution in [0.25, 0.3) is 22.2 Å². The quantitative estimate of drug-likeness (QED) is 0.318. The molecule has 4 heterocycles. The van der Waals surface area contributed by atoms with Crippen LogP contribution >= 0.6 is 0 Å². The average Bonchev–Trinajstić information content (AvgIpc) is 3.69.